The van der Waals surface area contributed by atoms with Crippen LogP contribution in [0.1, 0.15) is 20.1 Å². The fourth-order valence-corrected chi connectivity index (χ4v) is 4.95. The number of para-hydroxylation sites is 2. The number of piperazine rings is 1. The predicted molar refractivity (Wildman–Crippen MR) is 117 cm³/mol. The molecule has 0 spiro atoms. The van der Waals surface area contributed by atoms with Gasteiger partial charge in [0, 0.05) is 49.2 Å². The Balaban J connectivity index is 1.31. The molecule has 0 aliphatic carbocycles. The molecule has 4 rings (SSSR count). The minimum Gasteiger partial charge on any atom is -0.482 e. The predicted octanol–water partition coefficient (Wildman–Crippen LogP) is 4.25. The molecule has 1 aromatic carbocycles. The van der Waals surface area contributed by atoms with Crippen molar-refractivity contribution >= 4 is 34.3 Å². The molecule has 156 valence electrons. The van der Waals surface area contributed by atoms with Crippen LogP contribution in [0.15, 0.2) is 53.2 Å². The standard InChI is InChI=1S/C21H21N3O4S2/c25-21(23-9-7-22(8-10-23)13-17-4-3-11-29-17)20-12-16(15-30-20)14-28-19-6-2-1-5-18(19)24(26)27/h1-6,11-12,15H,7-10,13-14H2. The van der Waals surface area contributed by atoms with Crippen molar-refractivity contribution in [3.05, 3.63) is 78.7 Å². The van der Waals surface area contributed by atoms with E-state index < -0.39 is 4.92 Å². The fourth-order valence-electron chi connectivity index (χ4n) is 3.34. The Morgan fingerprint density at radius 2 is 1.90 bits per heavy atom. The Kier molecular flexibility index (Phi) is 6.41. The summed E-state index contributed by atoms with van der Waals surface area (Å²) in [6.07, 6.45) is 0. The summed E-state index contributed by atoms with van der Waals surface area (Å²) in [7, 11) is 0. The van der Waals surface area contributed by atoms with Crippen LogP contribution in [-0.4, -0.2) is 46.8 Å². The van der Waals surface area contributed by atoms with Crippen molar-refractivity contribution in [2.45, 2.75) is 13.2 Å². The van der Waals surface area contributed by atoms with Gasteiger partial charge >= 0.3 is 5.69 Å². The van der Waals surface area contributed by atoms with E-state index in [-0.39, 0.29) is 24.0 Å². The molecule has 1 aliphatic rings. The SMILES string of the molecule is O=C(c1cc(COc2ccccc2[N+](=O)[O-])cs1)N1CCN(Cc2cccs2)CC1. The molecule has 0 bridgehead atoms. The molecule has 1 amide bonds. The zero-order chi connectivity index (χ0) is 20.9. The summed E-state index contributed by atoms with van der Waals surface area (Å²) in [5.41, 5.74) is 0.766. The van der Waals surface area contributed by atoms with Gasteiger partial charge in [-0.15, -0.1) is 22.7 Å². The highest BCUT2D eigenvalue weighted by molar-refractivity contribution is 7.12. The van der Waals surface area contributed by atoms with Crippen molar-refractivity contribution in [2.24, 2.45) is 0 Å². The van der Waals surface area contributed by atoms with E-state index in [4.69, 9.17) is 4.74 Å². The molecule has 30 heavy (non-hydrogen) atoms. The molecule has 7 nitrogen and oxygen atoms in total. The second-order valence-corrected chi connectivity index (χ2v) is 8.92. The van der Waals surface area contributed by atoms with Gasteiger partial charge in [-0.05, 0) is 29.0 Å². The highest BCUT2D eigenvalue weighted by Crippen LogP contribution is 2.27. The van der Waals surface area contributed by atoms with E-state index in [1.165, 1.54) is 22.3 Å². The number of carbonyl (C=O) groups excluding carboxylic acids is 1. The molecule has 3 heterocycles. The van der Waals surface area contributed by atoms with Crippen molar-refractivity contribution in [1.82, 2.24) is 9.80 Å². The summed E-state index contributed by atoms with van der Waals surface area (Å²) in [4.78, 5) is 29.7. The third kappa shape index (κ3) is 4.86. The highest BCUT2D eigenvalue weighted by Gasteiger charge is 2.23. The maximum atomic E-state index is 12.8. The topological polar surface area (TPSA) is 75.9 Å². The molecular formula is C21H21N3O4S2. The summed E-state index contributed by atoms with van der Waals surface area (Å²) in [6, 6.07) is 12.3. The van der Waals surface area contributed by atoms with E-state index >= 15 is 0 Å². The monoisotopic (exact) mass is 443 g/mol. The normalized spacial score (nSPS) is 14.6. The molecule has 2 aromatic heterocycles. The van der Waals surface area contributed by atoms with E-state index in [1.807, 2.05) is 16.3 Å². The maximum Gasteiger partial charge on any atom is 0.310 e. The van der Waals surface area contributed by atoms with Gasteiger partial charge in [-0.2, -0.15) is 0 Å². The van der Waals surface area contributed by atoms with Crippen molar-refractivity contribution in [3.8, 4) is 5.75 Å². The van der Waals surface area contributed by atoms with Crippen LogP contribution >= 0.6 is 22.7 Å². The molecule has 1 fully saturated rings. The second kappa shape index (κ2) is 9.38. The summed E-state index contributed by atoms with van der Waals surface area (Å²) in [5, 5.41) is 15.0. The Morgan fingerprint density at radius 3 is 2.63 bits per heavy atom. The van der Waals surface area contributed by atoms with Gasteiger partial charge in [-0.1, -0.05) is 18.2 Å². The largest absolute Gasteiger partial charge is 0.482 e. The number of ether oxygens (including phenoxy) is 1. The number of nitro benzene ring substituents is 1. The van der Waals surface area contributed by atoms with E-state index in [0.717, 1.165) is 25.2 Å². The third-order valence-electron chi connectivity index (χ3n) is 4.94. The van der Waals surface area contributed by atoms with Gasteiger partial charge in [0.2, 0.25) is 0 Å². The Labute approximate surface area is 182 Å². The Hall–Kier alpha value is -2.75. The number of nitrogens with zero attached hydrogens (tertiary/aromatic N) is 3. The summed E-state index contributed by atoms with van der Waals surface area (Å²) >= 11 is 3.14. The lowest BCUT2D eigenvalue weighted by Gasteiger charge is -2.34. The van der Waals surface area contributed by atoms with Gasteiger partial charge in [0.25, 0.3) is 5.91 Å². The van der Waals surface area contributed by atoms with E-state index in [1.54, 1.807) is 29.5 Å². The number of carbonyl (C=O) groups is 1. The number of nitro groups is 1. The number of hydrogen-bond donors (Lipinski definition) is 0. The number of benzene rings is 1. The van der Waals surface area contributed by atoms with E-state index in [9.17, 15) is 14.9 Å². The first kappa shape index (κ1) is 20.5. The van der Waals surface area contributed by atoms with Gasteiger partial charge in [-0.3, -0.25) is 19.8 Å². The molecule has 0 saturated carbocycles. The molecule has 3 aromatic rings. The molecule has 1 aliphatic heterocycles. The Morgan fingerprint density at radius 1 is 1.10 bits per heavy atom. The first-order valence-electron chi connectivity index (χ1n) is 9.58. The van der Waals surface area contributed by atoms with Crippen molar-refractivity contribution < 1.29 is 14.5 Å². The van der Waals surface area contributed by atoms with Crippen LogP contribution in [0.4, 0.5) is 5.69 Å². The lowest BCUT2D eigenvalue weighted by Crippen LogP contribution is -2.48. The summed E-state index contributed by atoms with van der Waals surface area (Å²) in [5.74, 6) is 0.260. The lowest BCUT2D eigenvalue weighted by atomic mass is 10.2. The zero-order valence-corrected chi connectivity index (χ0v) is 17.9. The average molecular weight is 444 g/mol. The third-order valence-corrected chi connectivity index (χ3v) is 6.77. The highest BCUT2D eigenvalue weighted by atomic mass is 32.1. The minimum absolute atomic E-state index is 0.0349. The van der Waals surface area contributed by atoms with Crippen LogP contribution in [-0.2, 0) is 13.2 Å². The fraction of sp³-hybridized carbons (Fsp3) is 0.286. The van der Waals surface area contributed by atoms with E-state index in [0.29, 0.717) is 18.0 Å². The summed E-state index contributed by atoms with van der Waals surface area (Å²) in [6.45, 7) is 4.27. The lowest BCUT2D eigenvalue weighted by molar-refractivity contribution is -0.385. The minimum atomic E-state index is -0.462. The molecule has 0 atom stereocenters. The van der Waals surface area contributed by atoms with Crippen molar-refractivity contribution in [2.75, 3.05) is 26.2 Å². The zero-order valence-electron chi connectivity index (χ0n) is 16.2. The van der Waals surface area contributed by atoms with E-state index in [2.05, 4.69) is 22.4 Å². The number of thiophene rings is 2. The van der Waals surface area contributed by atoms with Crippen LogP contribution in [0.5, 0.6) is 5.75 Å². The van der Waals surface area contributed by atoms with Gasteiger partial charge < -0.3 is 9.64 Å². The Bertz CT molecular complexity index is 1010. The summed E-state index contributed by atoms with van der Waals surface area (Å²) < 4.78 is 5.62. The average Bonchev–Trinajstić information content (AvgIpc) is 3.44. The first-order valence-corrected chi connectivity index (χ1v) is 11.3. The molecule has 0 unspecified atom stereocenters. The maximum absolute atomic E-state index is 12.8. The quantitative estimate of drug-likeness (QED) is 0.403. The van der Waals surface area contributed by atoms with Crippen LogP contribution < -0.4 is 4.74 Å². The number of hydrogen-bond acceptors (Lipinski definition) is 7. The molecule has 9 heteroatoms. The van der Waals surface area contributed by atoms with Gasteiger partial charge in [0.05, 0.1) is 9.80 Å². The molecule has 1 saturated heterocycles. The van der Waals surface area contributed by atoms with Gasteiger partial charge in [0.15, 0.2) is 5.75 Å². The smallest absolute Gasteiger partial charge is 0.310 e. The number of amides is 1. The van der Waals surface area contributed by atoms with Gasteiger partial charge in [-0.25, -0.2) is 0 Å². The van der Waals surface area contributed by atoms with Gasteiger partial charge in [0.1, 0.15) is 6.61 Å². The van der Waals surface area contributed by atoms with Crippen molar-refractivity contribution in [1.29, 1.82) is 0 Å². The molecule has 0 radical (unpaired) electrons. The molecule has 0 N–H and O–H groups in total. The van der Waals surface area contributed by atoms with Crippen LogP contribution in [0.2, 0.25) is 0 Å². The van der Waals surface area contributed by atoms with Crippen LogP contribution in [0, 0.1) is 10.1 Å². The molecular weight excluding hydrogens is 422 g/mol. The van der Waals surface area contributed by atoms with Crippen molar-refractivity contribution in [3.63, 3.8) is 0 Å². The first-order chi connectivity index (χ1) is 14.6. The van der Waals surface area contributed by atoms with Crippen LogP contribution in [0.25, 0.3) is 0 Å². The second-order valence-electron chi connectivity index (χ2n) is 6.98. The number of rotatable bonds is 7. The van der Waals surface area contributed by atoms with Crippen LogP contribution in [0.3, 0.4) is 0 Å².